The van der Waals surface area contributed by atoms with E-state index in [1.165, 1.54) is 17.5 Å². The summed E-state index contributed by atoms with van der Waals surface area (Å²) in [5.74, 6) is -0.0832. The Morgan fingerprint density at radius 2 is 1.67 bits per heavy atom. The number of rotatable bonds is 15. The summed E-state index contributed by atoms with van der Waals surface area (Å²) in [4.78, 5) is 28.9. The van der Waals surface area contributed by atoms with E-state index in [1.807, 2.05) is 49.4 Å². The minimum Gasteiger partial charge on any atom is -0.495 e. The number of hydrogen-bond donors (Lipinski definition) is 1. The van der Waals surface area contributed by atoms with Gasteiger partial charge < -0.3 is 15.0 Å². The first kappa shape index (κ1) is 33.2. The number of amides is 2. The highest BCUT2D eigenvalue weighted by atomic mass is 35.5. The molecule has 0 saturated heterocycles. The molecule has 0 unspecified atom stereocenters. The van der Waals surface area contributed by atoms with Crippen molar-refractivity contribution in [1.82, 2.24) is 10.2 Å². The lowest BCUT2D eigenvalue weighted by molar-refractivity contribution is -0.141. The zero-order valence-corrected chi connectivity index (χ0v) is 26.4. The van der Waals surface area contributed by atoms with Crippen LogP contribution in [0.4, 0.5) is 5.69 Å². The monoisotopic (exact) mass is 633 g/mol. The Morgan fingerprint density at radius 3 is 2.26 bits per heavy atom. The van der Waals surface area contributed by atoms with Gasteiger partial charge in [-0.05, 0) is 54.3 Å². The van der Waals surface area contributed by atoms with Gasteiger partial charge >= 0.3 is 0 Å². The first-order valence-electron chi connectivity index (χ1n) is 13.7. The van der Waals surface area contributed by atoms with E-state index < -0.39 is 16.1 Å². The average molecular weight is 635 g/mol. The van der Waals surface area contributed by atoms with Gasteiger partial charge in [-0.1, -0.05) is 72.6 Å². The number of halogens is 2. The van der Waals surface area contributed by atoms with Crippen molar-refractivity contribution < 1.29 is 22.7 Å². The predicted molar refractivity (Wildman–Crippen MR) is 169 cm³/mol. The van der Waals surface area contributed by atoms with Crippen molar-refractivity contribution in [2.75, 3.05) is 30.8 Å². The van der Waals surface area contributed by atoms with Gasteiger partial charge in [-0.2, -0.15) is 0 Å². The Kier molecular flexibility index (Phi) is 12.5. The molecule has 1 atom stereocenters. The molecule has 0 spiro atoms. The van der Waals surface area contributed by atoms with E-state index in [4.69, 9.17) is 27.9 Å². The third kappa shape index (κ3) is 9.64. The molecule has 0 radical (unpaired) electrons. The fourth-order valence-electron chi connectivity index (χ4n) is 4.52. The maximum absolute atomic E-state index is 13.8. The van der Waals surface area contributed by atoms with Crippen LogP contribution in [0.1, 0.15) is 37.3 Å². The molecule has 11 heteroatoms. The fourth-order valence-corrected chi connectivity index (χ4v) is 5.86. The molecule has 2 amide bonds. The van der Waals surface area contributed by atoms with Gasteiger partial charge in [0.1, 0.15) is 11.8 Å². The molecule has 0 aromatic heterocycles. The van der Waals surface area contributed by atoms with Crippen molar-refractivity contribution in [3.05, 3.63) is 94.0 Å². The van der Waals surface area contributed by atoms with Crippen LogP contribution in [0.25, 0.3) is 0 Å². The van der Waals surface area contributed by atoms with E-state index in [1.54, 1.807) is 29.2 Å². The van der Waals surface area contributed by atoms with E-state index in [0.717, 1.165) is 23.8 Å². The second kappa shape index (κ2) is 15.8. The van der Waals surface area contributed by atoms with Crippen LogP contribution in [0.15, 0.2) is 72.8 Å². The van der Waals surface area contributed by atoms with Crippen molar-refractivity contribution in [2.24, 2.45) is 0 Å². The number of anilines is 1. The van der Waals surface area contributed by atoms with Gasteiger partial charge in [0.2, 0.25) is 21.8 Å². The number of sulfonamides is 1. The molecule has 0 heterocycles. The van der Waals surface area contributed by atoms with E-state index in [0.29, 0.717) is 29.4 Å². The summed E-state index contributed by atoms with van der Waals surface area (Å²) >= 11 is 12.3. The Hall–Kier alpha value is -3.27. The number of methoxy groups -OCH3 is 1. The van der Waals surface area contributed by atoms with Gasteiger partial charge in [0, 0.05) is 37.5 Å². The van der Waals surface area contributed by atoms with E-state index in [-0.39, 0.29) is 42.8 Å². The number of benzene rings is 3. The molecule has 3 aromatic rings. The Balaban J connectivity index is 1.87. The maximum Gasteiger partial charge on any atom is 0.243 e. The second-order valence-electron chi connectivity index (χ2n) is 9.90. The lowest BCUT2D eigenvalue weighted by Crippen LogP contribution is -2.50. The second-order valence-corrected chi connectivity index (χ2v) is 12.7. The van der Waals surface area contributed by atoms with Gasteiger partial charge in [0.25, 0.3) is 0 Å². The standard InChI is InChI=1S/C31H37Cl2N3O5S/c1-4-18-34-31(38)28(20-23-9-6-5-7-10-23)35(22-24-12-14-25(32)15-13-24)30(37)11-8-19-36(42(3,39)40)26-16-17-29(41-2)27(33)21-26/h5-7,9-10,12-17,21,28H,4,8,11,18-20,22H2,1-3H3,(H,34,38)/t28-/m0/s1. The molecule has 0 aliphatic heterocycles. The number of carbonyl (C=O) groups is 2. The largest absolute Gasteiger partial charge is 0.495 e. The maximum atomic E-state index is 13.8. The van der Waals surface area contributed by atoms with Crippen LogP contribution in [-0.2, 0) is 32.6 Å². The third-order valence-electron chi connectivity index (χ3n) is 6.66. The predicted octanol–water partition coefficient (Wildman–Crippen LogP) is 5.71. The number of hydrogen-bond acceptors (Lipinski definition) is 5. The van der Waals surface area contributed by atoms with E-state index in [2.05, 4.69) is 5.32 Å². The lowest BCUT2D eigenvalue weighted by Gasteiger charge is -2.32. The molecule has 3 rings (SSSR count). The molecular formula is C31H37Cl2N3O5S. The zero-order chi connectivity index (χ0) is 30.7. The van der Waals surface area contributed by atoms with E-state index >= 15 is 0 Å². The van der Waals surface area contributed by atoms with Crippen LogP contribution in [0.2, 0.25) is 10.0 Å². The van der Waals surface area contributed by atoms with Crippen molar-refractivity contribution in [1.29, 1.82) is 0 Å². The van der Waals surface area contributed by atoms with Crippen molar-refractivity contribution >= 4 is 50.7 Å². The highest BCUT2D eigenvalue weighted by molar-refractivity contribution is 7.92. The highest BCUT2D eigenvalue weighted by Crippen LogP contribution is 2.30. The van der Waals surface area contributed by atoms with Crippen LogP contribution in [-0.4, -0.2) is 57.6 Å². The number of nitrogens with zero attached hydrogens (tertiary/aromatic N) is 2. The summed E-state index contributed by atoms with van der Waals surface area (Å²) in [6.45, 7) is 2.69. The number of nitrogens with one attached hydrogen (secondary N) is 1. The van der Waals surface area contributed by atoms with Gasteiger partial charge in [0.15, 0.2) is 0 Å². The molecule has 8 nitrogen and oxygen atoms in total. The van der Waals surface area contributed by atoms with Crippen LogP contribution in [0, 0.1) is 0 Å². The number of ether oxygens (including phenoxy) is 1. The molecule has 0 bridgehead atoms. The summed E-state index contributed by atoms with van der Waals surface area (Å²) < 4.78 is 31.7. The van der Waals surface area contributed by atoms with Gasteiger partial charge in [-0.3, -0.25) is 13.9 Å². The molecule has 0 saturated carbocycles. The average Bonchev–Trinajstić information content (AvgIpc) is 2.96. The molecule has 226 valence electrons. The van der Waals surface area contributed by atoms with Crippen LogP contribution in [0.3, 0.4) is 0 Å². The smallest absolute Gasteiger partial charge is 0.243 e. The van der Waals surface area contributed by atoms with E-state index in [9.17, 15) is 18.0 Å². The SMILES string of the molecule is CCCNC(=O)[C@H](Cc1ccccc1)N(Cc1ccc(Cl)cc1)C(=O)CCCN(c1ccc(OC)c(Cl)c1)S(C)(=O)=O. The topological polar surface area (TPSA) is 96.0 Å². The molecule has 1 N–H and O–H groups in total. The molecule has 3 aromatic carbocycles. The van der Waals surface area contributed by atoms with Crippen LogP contribution >= 0.6 is 23.2 Å². The summed E-state index contributed by atoms with van der Waals surface area (Å²) in [7, 11) is -2.20. The first-order valence-corrected chi connectivity index (χ1v) is 16.3. The Labute approximate surface area is 258 Å². The molecule has 0 aliphatic rings. The van der Waals surface area contributed by atoms with Crippen molar-refractivity contribution in [3.8, 4) is 5.75 Å². The lowest BCUT2D eigenvalue weighted by atomic mass is 10.0. The van der Waals surface area contributed by atoms with Crippen molar-refractivity contribution in [3.63, 3.8) is 0 Å². The molecule has 0 aliphatic carbocycles. The summed E-state index contributed by atoms with van der Waals surface area (Å²) in [5, 5.41) is 3.79. The number of carbonyl (C=O) groups excluding carboxylic acids is 2. The Bertz CT molecular complexity index is 1440. The Morgan fingerprint density at radius 1 is 0.976 bits per heavy atom. The van der Waals surface area contributed by atoms with Gasteiger partial charge in [-0.15, -0.1) is 0 Å². The van der Waals surface area contributed by atoms with Crippen molar-refractivity contribution in [2.45, 2.75) is 45.2 Å². The van der Waals surface area contributed by atoms with Crippen LogP contribution < -0.4 is 14.4 Å². The molecule has 42 heavy (non-hydrogen) atoms. The molecule has 0 fully saturated rings. The minimum absolute atomic E-state index is 0.0237. The van der Waals surface area contributed by atoms with Gasteiger partial charge in [-0.25, -0.2) is 8.42 Å². The third-order valence-corrected chi connectivity index (χ3v) is 8.40. The summed E-state index contributed by atoms with van der Waals surface area (Å²) in [5.41, 5.74) is 2.11. The minimum atomic E-state index is -3.67. The quantitative estimate of drug-likeness (QED) is 0.231. The fraction of sp³-hybridized carbons (Fsp3) is 0.355. The normalized spacial score (nSPS) is 11.9. The summed E-state index contributed by atoms with van der Waals surface area (Å²) in [6.07, 6.45) is 2.44. The summed E-state index contributed by atoms with van der Waals surface area (Å²) in [6, 6.07) is 20.6. The zero-order valence-electron chi connectivity index (χ0n) is 24.1. The highest BCUT2D eigenvalue weighted by Gasteiger charge is 2.30. The first-order chi connectivity index (χ1) is 20.0. The van der Waals surface area contributed by atoms with Crippen LogP contribution in [0.5, 0.6) is 5.75 Å². The molecular weight excluding hydrogens is 597 g/mol. The van der Waals surface area contributed by atoms with Gasteiger partial charge in [0.05, 0.1) is 24.1 Å².